The van der Waals surface area contributed by atoms with Gasteiger partial charge in [-0.2, -0.15) is 0 Å². The fourth-order valence-corrected chi connectivity index (χ4v) is 4.54. The molecule has 0 N–H and O–H groups in total. The molecule has 1 aliphatic rings. The SMILES string of the molecule is CC(Sc1nc(CN2CCOCC2)nc2ccccc12)C(=O)c1cccc(Cl)c1. The summed E-state index contributed by atoms with van der Waals surface area (Å²) in [7, 11) is 0. The lowest BCUT2D eigenvalue weighted by atomic mass is 10.1. The number of rotatable bonds is 6. The van der Waals surface area contributed by atoms with Crippen molar-refractivity contribution in [3.63, 3.8) is 0 Å². The van der Waals surface area contributed by atoms with Crippen molar-refractivity contribution < 1.29 is 9.53 Å². The number of carbonyl (C=O) groups is 1. The van der Waals surface area contributed by atoms with Crippen LogP contribution in [0.4, 0.5) is 0 Å². The number of aromatic nitrogens is 2. The van der Waals surface area contributed by atoms with Crippen LogP contribution in [0.5, 0.6) is 0 Å². The summed E-state index contributed by atoms with van der Waals surface area (Å²) < 4.78 is 5.43. The topological polar surface area (TPSA) is 55.3 Å². The number of hydrogen-bond acceptors (Lipinski definition) is 6. The van der Waals surface area contributed by atoms with Crippen molar-refractivity contribution in [2.45, 2.75) is 23.7 Å². The average Bonchev–Trinajstić information content (AvgIpc) is 2.74. The molecule has 1 saturated heterocycles. The fraction of sp³-hybridized carbons (Fsp3) is 0.318. The second kappa shape index (κ2) is 9.22. The van der Waals surface area contributed by atoms with Gasteiger partial charge in [0.25, 0.3) is 0 Å². The molecule has 4 rings (SSSR count). The Kier molecular flexibility index (Phi) is 6.45. The Morgan fingerprint density at radius 2 is 1.97 bits per heavy atom. The van der Waals surface area contributed by atoms with E-state index in [9.17, 15) is 4.79 Å². The molecule has 2 aromatic carbocycles. The van der Waals surface area contributed by atoms with E-state index < -0.39 is 0 Å². The second-order valence-electron chi connectivity index (χ2n) is 6.99. The molecule has 2 heterocycles. The van der Waals surface area contributed by atoms with Crippen molar-refractivity contribution in [2.24, 2.45) is 0 Å². The Labute approximate surface area is 179 Å². The average molecular weight is 428 g/mol. The molecule has 0 saturated carbocycles. The smallest absolute Gasteiger partial charge is 0.175 e. The highest BCUT2D eigenvalue weighted by molar-refractivity contribution is 8.00. The number of morpholine rings is 1. The molecule has 0 spiro atoms. The van der Waals surface area contributed by atoms with Gasteiger partial charge in [-0.3, -0.25) is 9.69 Å². The fourth-order valence-electron chi connectivity index (χ4n) is 3.31. The first-order chi connectivity index (χ1) is 14.1. The quantitative estimate of drug-likeness (QED) is 0.328. The summed E-state index contributed by atoms with van der Waals surface area (Å²) in [6, 6.07) is 15.0. The van der Waals surface area contributed by atoms with Crippen LogP contribution in [0.2, 0.25) is 5.02 Å². The molecule has 150 valence electrons. The Hall–Kier alpha value is -1.99. The minimum atomic E-state index is -0.289. The van der Waals surface area contributed by atoms with Crippen molar-refractivity contribution in [2.75, 3.05) is 26.3 Å². The summed E-state index contributed by atoms with van der Waals surface area (Å²) in [5, 5.41) is 2.08. The highest BCUT2D eigenvalue weighted by Crippen LogP contribution is 2.30. The van der Waals surface area contributed by atoms with E-state index in [1.807, 2.05) is 31.2 Å². The van der Waals surface area contributed by atoms with Gasteiger partial charge in [0.1, 0.15) is 10.9 Å². The van der Waals surface area contributed by atoms with Crippen LogP contribution in [-0.4, -0.2) is 52.2 Å². The Morgan fingerprint density at radius 1 is 1.17 bits per heavy atom. The molecule has 1 fully saturated rings. The summed E-state index contributed by atoms with van der Waals surface area (Å²) >= 11 is 7.52. The minimum Gasteiger partial charge on any atom is -0.379 e. The standard InChI is InChI=1S/C22H22ClN3O2S/c1-15(21(27)16-5-4-6-17(23)13-16)29-22-18-7-2-3-8-19(18)24-20(25-22)14-26-9-11-28-12-10-26/h2-8,13,15H,9-12,14H2,1H3. The Morgan fingerprint density at radius 3 is 2.76 bits per heavy atom. The number of halogens is 1. The van der Waals surface area contributed by atoms with Crippen molar-refractivity contribution in [1.82, 2.24) is 14.9 Å². The Balaban J connectivity index is 1.60. The third-order valence-electron chi connectivity index (χ3n) is 4.85. The predicted molar refractivity (Wildman–Crippen MR) is 117 cm³/mol. The number of thioether (sulfide) groups is 1. The predicted octanol–water partition coefficient (Wildman–Crippen LogP) is 4.48. The lowest BCUT2D eigenvalue weighted by Gasteiger charge is -2.26. The van der Waals surface area contributed by atoms with Gasteiger partial charge in [0.05, 0.1) is 30.5 Å². The monoisotopic (exact) mass is 427 g/mol. The van der Waals surface area contributed by atoms with Crippen LogP contribution in [0, 0.1) is 0 Å². The minimum absolute atomic E-state index is 0.0370. The van der Waals surface area contributed by atoms with Crippen LogP contribution < -0.4 is 0 Å². The summed E-state index contributed by atoms with van der Waals surface area (Å²) in [6.07, 6.45) is 0. The molecule has 5 nitrogen and oxygen atoms in total. The maximum atomic E-state index is 12.9. The number of fused-ring (bicyclic) bond motifs is 1. The number of ether oxygens (including phenoxy) is 1. The van der Waals surface area contributed by atoms with Crippen LogP contribution in [0.25, 0.3) is 10.9 Å². The Bertz CT molecular complexity index is 1020. The first kappa shape index (κ1) is 20.3. The number of carbonyl (C=O) groups excluding carboxylic acids is 1. The molecule has 1 atom stereocenters. The molecule has 1 unspecified atom stereocenters. The third kappa shape index (κ3) is 4.95. The van der Waals surface area contributed by atoms with E-state index in [1.165, 1.54) is 11.8 Å². The molecule has 1 aliphatic heterocycles. The zero-order chi connectivity index (χ0) is 20.2. The van der Waals surface area contributed by atoms with E-state index in [1.54, 1.807) is 24.3 Å². The van der Waals surface area contributed by atoms with Gasteiger partial charge in [-0.25, -0.2) is 9.97 Å². The summed E-state index contributed by atoms with van der Waals surface area (Å²) in [5.41, 5.74) is 1.51. The van der Waals surface area contributed by atoms with Crippen LogP contribution in [-0.2, 0) is 11.3 Å². The molecule has 7 heteroatoms. The van der Waals surface area contributed by atoms with Crippen molar-refractivity contribution in [3.05, 3.63) is 64.9 Å². The second-order valence-corrected chi connectivity index (χ2v) is 8.75. The molecule has 1 aromatic heterocycles. The van der Waals surface area contributed by atoms with Crippen molar-refractivity contribution in [3.8, 4) is 0 Å². The maximum absolute atomic E-state index is 12.9. The molecule has 0 radical (unpaired) electrons. The van der Waals surface area contributed by atoms with Crippen molar-refractivity contribution >= 4 is 40.0 Å². The number of hydrogen-bond donors (Lipinski definition) is 0. The highest BCUT2D eigenvalue weighted by Gasteiger charge is 2.20. The third-order valence-corrected chi connectivity index (χ3v) is 6.19. The van der Waals surface area contributed by atoms with Gasteiger partial charge in [-0.15, -0.1) is 0 Å². The van der Waals surface area contributed by atoms with Gasteiger partial charge >= 0.3 is 0 Å². The van der Waals surface area contributed by atoms with Gasteiger partial charge in [0, 0.05) is 29.1 Å². The lowest BCUT2D eigenvalue weighted by molar-refractivity contribution is 0.0330. The van der Waals surface area contributed by atoms with Gasteiger partial charge < -0.3 is 4.74 Å². The molecular formula is C22H22ClN3O2S. The first-order valence-electron chi connectivity index (χ1n) is 9.62. The number of para-hydroxylation sites is 1. The first-order valence-corrected chi connectivity index (χ1v) is 10.9. The normalized spacial score (nSPS) is 16.1. The van der Waals surface area contributed by atoms with Gasteiger partial charge in [-0.1, -0.05) is 53.7 Å². The van der Waals surface area contributed by atoms with Crippen LogP contribution in [0.15, 0.2) is 53.6 Å². The number of nitrogens with zero attached hydrogens (tertiary/aromatic N) is 3. The van der Waals surface area contributed by atoms with E-state index in [2.05, 4.69) is 4.90 Å². The van der Waals surface area contributed by atoms with E-state index in [4.69, 9.17) is 26.3 Å². The van der Waals surface area contributed by atoms with Crippen molar-refractivity contribution in [1.29, 1.82) is 0 Å². The van der Waals surface area contributed by atoms with E-state index >= 15 is 0 Å². The number of ketones is 1. The molecule has 0 aliphatic carbocycles. The summed E-state index contributed by atoms with van der Waals surface area (Å²) in [4.78, 5) is 24.8. The zero-order valence-electron chi connectivity index (χ0n) is 16.2. The highest BCUT2D eigenvalue weighted by atomic mass is 35.5. The largest absolute Gasteiger partial charge is 0.379 e. The van der Waals surface area contributed by atoms with Gasteiger partial charge in [-0.05, 0) is 25.1 Å². The van der Waals surface area contributed by atoms with Gasteiger partial charge in [0.15, 0.2) is 5.78 Å². The maximum Gasteiger partial charge on any atom is 0.175 e. The molecule has 29 heavy (non-hydrogen) atoms. The molecule has 0 amide bonds. The summed E-state index contributed by atoms with van der Waals surface area (Å²) in [5.74, 6) is 0.811. The van der Waals surface area contributed by atoms with E-state index in [0.29, 0.717) is 17.1 Å². The van der Waals surface area contributed by atoms with Gasteiger partial charge in [0.2, 0.25) is 0 Å². The van der Waals surface area contributed by atoms with E-state index in [-0.39, 0.29) is 11.0 Å². The van der Waals surface area contributed by atoms with Crippen LogP contribution in [0.1, 0.15) is 23.1 Å². The van der Waals surface area contributed by atoms with Crippen LogP contribution >= 0.6 is 23.4 Å². The molecule has 0 bridgehead atoms. The van der Waals surface area contributed by atoms with Crippen LogP contribution in [0.3, 0.4) is 0 Å². The zero-order valence-corrected chi connectivity index (χ0v) is 17.7. The van der Waals surface area contributed by atoms with E-state index in [0.717, 1.165) is 48.1 Å². The molecule has 3 aromatic rings. The lowest BCUT2D eigenvalue weighted by Crippen LogP contribution is -2.36. The number of benzene rings is 2. The summed E-state index contributed by atoms with van der Waals surface area (Å²) in [6.45, 7) is 5.82. The molecular weight excluding hydrogens is 406 g/mol. The number of Topliss-reactive ketones (excluding diaryl/α,β-unsaturated/α-hetero) is 1.